The number of benzene rings is 1. The monoisotopic (exact) mass is 373 g/mol. The number of hydrogen-bond donors (Lipinski definition) is 1. The molecule has 2 heterocycles. The quantitative estimate of drug-likeness (QED) is 0.502. The van der Waals surface area contributed by atoms with Crippen LogP contribution in [0.4, 0.5) is 5.82 Å². The molecule has 0 saturated heterocycles. The lowest BCUT2D eigenvalue weighted by Gasteiger charge is -2.27. The van der Waals surface area contributed by atoms with E-state index in [0.717, 1.165) is 11.3 Å². The zero-order chi connectivity index (χ0) is 18.8. The van der Waals surface area contributed by atoms with E-state index in [1.807, 2.05) is 6.92 Å². The van der Waals surface area contributed by atoms with Gasteiger partial charge in [0.2, 0.25) is 5.91 Å². The smallest absolute Gasteiger partial charge is 0.337 e. The van der Waals surface area contributed by atoms with Crippen LogP contribution in [0.1, 0.15) is 40.7 Å². The van der Waals surface area contributed by atoms with E-state index >= 15 is 0 Å². The summed E-state index contributed by atoms with van der Waals surface area (Å²) >= 11 is 1.44. The van der Waals surface area contributed by atoms with Gasteiger partial charge in [-0.05, 0) is 23.4 Å². The summed E-state index contributed by atoms with van der Waals surface area (Å²) in [5, 5.41) is 3.37. The summed E-state index contributed by atoms with van der Waals surface area (Å²) in [7, 11) is 3.10. The number of nitrogens with zero attached hydrogens (tertiary/aromatic N) is 2. The predicted octanol–water partition coefficient (Wildman–Crippen LogP) is 2.15. The van der Waals surface area contributed by atoms with Crippen molar-refractivity contribution in [3.63, 3.8) is 0 Å². The SMILES string of the molecule is CCSc1nc(=O)c2c(n1C)NC(=O)CC2c1ccc(C(=O)OC)cc1. The second kappa shape index (κ2) is 7.33. The van der Waals surface area contributed by atoms with Crippen LogP contribution in [0, 0.1) is 0 Å². The Morgan fingerprint density at radius 3 is 2.65 bits per heavy atom. The average Bonchev–Trinajstić information content (AvgIpc) is 2.64. The van der Waals surface area contributed by atoms with Crippen LogP contribution < -0.4 is 10.9 Å². The number of aromatic nitrogens is 2. The summed E-state index contributed by atoms with van der Waals surface area (Å²) in [5.41, 5.74) is 1.33. The number of ether oxygens (including phenoxy) is 1. The molecule has 3 rings (SSSR count). The molecule has 1 aliphatic rings. The first-order valence-electron chi connectivity index (χ1n) is 8.18. The molecule has 1 atom stereocenters. The van der Waals surface area contributed by atoms with Crippen LogP contribution in [0.25, 0.3) is 0 Å². The molecule has 0 saturated carbocycles. The molecule has 0 radical (unpaired) electrons. The summed E-state index contributed by atoms with van der Waals surface area (Å²) < 4.78 is 6.44. The fraction of sp³-hybridized carbons (Fsp3) is 0.333. The van der Waals surface area contributed by atoms with Gasteiger partial charge in [0, 0.05) is 19.4 Å². The molecule has 2 aromatic rings. The summed E-state index contributed by atoms with van der Waals surface area (Å²) in [6.07, 6.45) is 0.155. The van der Waals surface area contributed by atoms with Crippen LogP contribution in [0.15, 0.2) is 34.2 Å². The highest BCUT2D eigenvalue weighted by Crippen LogP contribution is 2.35. The molecule has 0 spiro atoms. The van der Waals surface area contributed by atoms with Gasteiger partial charge in [-0.3, -0.25) is 9.59 Å². The van der Waals surface area contributed by atoms with Crippen molar-refractivity contribution in [2.45, 2.75) is 24.4 Å². The number of anilines is 1. The minimum atomic E-state index is -0.433. The van der Waals surface area contributed by atoms with E-state index in [4.69, 9.17) is 4.74 Å². The minimum Gasteiger partial charge on any atom is -0.465 e. The standard InChI is InChI=1S/C18H19N3O4S/c1-4-26-18-20-16(23)14-12(9-13(22)19-15(14)21(18)2)10-5-7-11(8-6-10)17(24)25-3/h5-8,12H,4,9H2,1-3H3,(H,19,22). The molecular formula is C18H19N3O4S. The Balaban J connectivity index is 2.09. The second-order valence-electron chi connectivity index (χ2n) is 5.87. The maximum absolute atomic E-state index is 12.7. The number of amides is 1. The number of hydrogen-bond acceptors (Lipinski definition) is 6. The number of methoxy groups -OCH3 is 1. The van der Waals surface area contributed by atoms with E-state index in [-0.39, 0.29) is 17.9 Å². The number of carbonyl (C=O) groups is 2. The molecule has 8 heteroatoms. The lowest BCUT2D eigenvalue weighted by atomic mass is 9.86. The number of nitrogens with one attached hydrogen (secondary N) is 1. The maximum Gasteiger partial charge on any atom is 0.337 e. The van der Waals surface area contributed by atoms with Gasteiger partial charge in [0.05, 0.1) is 18.2 Å². The molecule has 0 aliphatic carbocycles. The summed E-state index contributed by atoms with van der Waals surface area (Å²) in [5.74, 6) is 0.257. The lowest BCUT2D eigenvalue weighted by molar-refractivity contribution is -0.116. The lowest BCUT2D eigenvalue weighted by Crippen LogP contribution is -2.33. The molecule has 1 aromatic carbocycles. The van der Waals surface area contributed by atoms with Crippen molar-refractivity contribution in [2.24, 2.45) is 7.05 Å². The van der Waals surface area contributed by atoms with Gasteiger partial charge in [-0.25, -0.2) is 4.79 Å². The van der Waals surface area contributed by atoms with Crippen molar-refractivity contribution in [1.29, 1.82) is 0 Å². The molecule has 0 bridgehead atoms. The number of fused-ring (bicyclic) bond motifs is 1. The second-order valence-corrected chi connectivity index (χ2v) is 7.10. The topological polar surface area (TPSA) is 90.3 Å². The molecule has 1 aromatic heterocycles. The number of thioether (sulfide) groups is 1. The Bertz CT molecular complexity index is 921. The van der Waals surface area contributed by atoms with E-state index in [9.17, 15) is 14.4 Å². The molecule has 7 nitrogen and oxygen atoms in total. The molecule has 0 fully saturated rings. The Morgan fingerprint density at radius 1 is 1.35 bits per heavy atom. The van der Waals surface area contributed by atoms with Crippen LogP contribution >= 0.6 is 11.8 Å². The van der Waals surface area contributed by atoms with Crippen LogP contribution in [0.3, 0.4) is 0 Å². The first-order valence-corrected chi connectivity index (χ1v) is 9.16. The minimum absolute atomic E-state index is 0.155. The van der Waals surface area contributed by atoms with Crippen molar-refractivity contribution < 1.29 is 14.3 Å². The van der Waals surface area contributed by atoms with Gasteiger partial charge in [-0.1, -0.05) is 30.8 Å². The van der Waals surface area contributed by atoms with Crippen molar-refractivity contribution in [3.8, 4) is 0 Å². The van der Waals surface area contributed by atoms with Gasteiger partial charge in [-0.2, -0.15) is 4.98 Å². The average molecular weight is 373 g/mol. The Kier molecular flexibility index (Phi) is 5.13. The molecule has 1 unspecified atom stereocenters. The number of esters is 1. The Morgan fingerprint density at radius 2 is 2.04 bits per heavy atom. The van der Waals surface area contributed by atoms with E-state index in [1.54, 1.807) is 35.9 Å². The molecule has 1 N–H and O–H groups in total. The molecule has 136 valence electrons. The largest absolute Gasteiger partial charge is 0.465 e. The van der Waals surface area contributed by atoms with E-state index in [0.29, 0.717) is 22.1 Å². The van der Waals surface area contributed by atoms with Crippen LogP contribution in [0.5, 0.6) is 0 Å². The third-order valence-electron chi connectivity index (χ3n) is 4.31. The fourth-order valence-electron chi connectivity index (χ4n) is 3.05. The zero-order valence-corrected chi connectivity index (χ0v) is 15.6. The van der Waals surface area contributed by atoms with Crippen molar-refractivity contribution in [2.75, 3.05) is 18.2 Å². The van der Waals surface area contributed by atoms with Gasteiger partial charge in [0.25, 0.3) is 5.56 Å². The third kappa shape index (κ3) is 3.24. The van der Waals surface area contributed by atoms with Gasteiger partial charge in [0.15, 0.2) is 5.16 Å². The number of rotatable bonds is 4. The van der Waals surface area contributed by atoms with Crippen LogP contribution in [-0.4, -0.2) is 34.3 Å². The van der Waals surface area contributed by atoms with E-state index in [1.165, 1.54) is 18.9 Å². The summed E-state index contributed by atoms with van der Waals surface area (Å²) in [6.45, 7) is 1.97. The molecular weight excluding hydrogens is 354 g/mol. The zero-order valence-electron chi connectivity index (χ0n) is 14.7. The number of carbonyl (C=O) groups excluding carboxylic acids is 2. The molecule has 1 aliphatic heterocycles. The maximum atomic E-state index is 12.7. The van der Waals surface area contributed by atoms with Gasteiger partial charge < -0.3 is 14.6 Å². The van der Waals surface area contributed by atoms with Crippen LogP contribution in [-0.2, 0) is 16.6 Å². The van der Waals surface area contributed by atoms with E-state index in [2.05, 4.69) is 10.3 Å². The fourth-order valence-corrected chi connectivity index (χ4v) is 3.74. The Labute approximate surface area is 154 Å². The van der Waals surface area contributed by atoms with Gasteiger partial charge >= 0.3 is 5.97 Å². The van der Waals surface area contributed by atoms with Crippen LogP contribution in [0.2, 0.25) is 0 Å². The Hall–Kier alpha value is -2.61. The first kappa shape index (κ1) is 18.2. The summed E-state index contributed by atoms with van der Waals surface area (Å²) in [6, 6.07) is 6.75. The molecule has 26 heavy (non-hydrogen) atoms. The first-order chi connectivity index (χ1) is 12.5. The van der Waals surface area contributed by atoms with Crippen molar-refractivity contribution in [3.05, 3.63) is 51.3 Å². The summed E-state index contributed by atoms with van der Waals surface area (Å²) in [4.78, 5) is 40.7. The van der Waals surface area contributed by atoms with Gasteiger partial charge in [0.1, 0.15) is 5.82 Å². The highest BCUT2D eigenvalue weighted by Gasteiger charge is 2.32. The third-order valence-corrected chi connectivity index (χ3v) is 5.22. The van der Waals surface area contributed by atoms with Gasteiger partial charge in [-0.15, -0.1) is 0 Å². The van der Waals surface area contributed by atoms with Crippen molar-refractivity contribution in [1.82, 2.24) is 9.55 Å². The highest BCUT2D eigenvalue weighted by atomic mass is 32.2. The predicted molar refractivity (Wildman–Crippen MR) is 98.7 cm³/mol. The van der Waals surface area contributed by atoms with Crippen molar-refractivity contribution >= 4 is 29.5 Å². The highest BCUT2D eigenvalue weighted by molar-refractivity contribution is 7.99. The normalized spacial score (nSPS) is 16.0. The van der Waals surface area contributed by atoms with E-state index < -0.39 is 11.9 Å². The molecule has 1 amide bonds.